The average Bonchev–Trinajstić information content (AvgIpc) is 2.46. The number of carboxylic acid groups (broad SMARTS) is 1. The highest BCUT2D eigenvalue weighted by Crippen LogP contribution is 2.31. The van der Waals surface area contributed by atoms with Gasteiger partial charge in [-0.2, -0.15) is 8.78 Å². The minimum absolute atomic E-state index is 0.0139. The van der Waals surface area contributed by atoms with Crippen molar-refractivity contribution in [2.45, 2.75) is 6.61 Å². The van der Waals surface area contributed by atoms with E-state index < -0.39 is 12.7 Å². The highest BCUT2D eigenvalue weighted by molar-refractivity contribution is 6.29. The molecule has 2 rings (SSSR count). The van der Waals surface area contributed by atoms with Crippen molar-refractivity contribution in [1.29, 1.82) is 0 Å². The lowest BCUT2D eigenvalue weighted by Crippen LogP contribution is -2.25. The Morgan fingerprint density at radius 1 is 1.32 bits per heavy atom. The van der Waals surface area contributed by atoms with Gasteiger partial charge in [0.25, 0.3) is 0 Å². The Hall–Kier alpha value is -2.48. The van der Waals surface area contributed by atoms with Crippen molar-refractivity contribution in [3.05, 3.63) is 35.5 Å². The van der Waals surface area contributed by atoms with Gasteiger partial charge in [-0.15, -0.1) is 10.2 Å². The number of aromatic nitrogens is 2. The number of hydrogen-bond donors (Lipinski definition) is 1. The van der Waals surface area contributed by atoms with Gasteiger partial charge in [-0.3, -0.25) is 4.90 Å². The molecule has 9 heteroatoms. The van der Waals surface area contributed by atoms with Gasteiger partial charge in [0.2, 0.25) is 0 Å². The monoisotopic (exact) mass is 329 g/mol. The first-order chi connectivity index (χ1) is 10.4. The summed E-state index contributed by atoms with van der Waals surface area (Å²) < 4.78 is 28.5. The Kier molecular flexibility index (Phi) is 4.71. The standard InChI is InChI=1S/C13H10ClF2N3O3/c1-19(13(20)21)11-9(6-10(14)17-18-11)7-2-4-8(5-3-7)22-12(15)16/h2-6,12H,1H3,(H,20,21). The van der Waals surface area contributed by atoms with Crippen LogP contribution in [-0.4, -0.2) is 35.1 Å². The second-order valence-corrected chi connectivity index (χ2v) is 4.54. The minimum Gasteiger partial charge on any atom is -0.465 e. The molecule has 116 valence electrons. The minimum atomic E-state index is -2.92. The summed E-state index contributed by atoms with van der Waals surface area (Å²) in [5.41, 5.74) is 0.926. The molecule has 22 heavy (non-hydrogen) atoms. The van der Waals surface area contributed by atoms with Crippen LogP contribution in [0.5, 0.6) is 5.75 Å². The highest BCUT2D eigenvalue weighted by Gasteiger charge is 2.17. The molecule has 0 fully saturated rings. The average molecular weight is 330 g/mol. The van der Waals surface area contributed by atoms with Crippen LogP contribution in [-0.2, 0) is 0 Å². The second kappa shape index (κ2) is 6.52. The molecule has 1 aromatic heterocycles. The number of ether oxygens (including phenoxy) is 1. The summed E-state index contributed by atoms with van der Waals surface area (Å²) in [5.74, 6) is 0.0550. The smallest absolute Gasteiger partial charge is 0.412 e. The van der Waals surface area contributed by atoms with Crippen molar-refractivity contribution in [2.75, 3.05) is 11.9 Å². The fraction of sp³-hybridized carbons (Fsp3) is 0.154. The summed E-state index contributed by atoms with van der Waals surface area (Å²) >= 11 is 5.79. The Morgan fingerprint density at radius 2 is 1.95 bits per heavy atom. The van der Waals surface area contributed by atoms with Crippen molar-refractivity contribution < 1.29 is 23.4 Å². The van der Waals surface area contributed by atoms with E-state index in [1.807, 2.05) is 0 Å². The van der Waals surface area contributed by atoms with Crippen LogP contribution in [0.2, 0.25) is 5.15 Å². The zero-order valence-electron chi connectivity index (χ0n) is 11.2. The summed E-state index contributed by atoms with van der Waals surface area (Å²) in [7, 11) is 1.30. The third-order valence-electron chi connectivity index (χ3n) is 2.74. The van der Waals surface area contributed by atoms with Gasteiger partial charge < -0.3 is 9.84 Å². The number of nitrogens with zero attached hydrogens (tertiary/aromatic N) is 3. The van der Waals surface area contributed by atoms with Gasteiger partial charge in [0.05, 0.1) is 0 Å². The molecule has 0 aliphatic rings. The van der Waals surface area contributed by atoms with Gasteiger partial charge in [-0.25, -0.2) is 4.79 Å². The van der Waals surface area contributed by atoms with Crippen LogP contribution in [0.15, 0.2) is 30.3 Å². The van der Waals surface area contributed by atoms with E-state index in [0.717, 1.165) is 4.90 Å². The molecule has 0 radical (unpaired) electrons. The third-order valence-corrected chi connectivity index (χ3v) is 2.92. The molecular weight excluding hydrogens is 320 g/mol. The lowest BCUT2D eigenvalue weighted by atomic mass is 10.1. The first-order valence-corrected chi connectivity index (χ1v) is 6.31. The zero-order chi connectivity index (χ0) is 16.3. The van der Waals surface area contributed by atoms with Gasteiger partial charge in [-0.05, 0) is 23.8 Å². The number of anilines is 1. The largest absolute Gasteiger partial charge is 0.465 e. The Bertz CT molecular complexity index is 683. The van der Waals surface area contributed by atoms with Crippen LogP contribution in [0.1, 0.15) is 0 Å². The second-order valence-electron chi connectivity index (χ2n) is 4.15. The number of alkyl halides is 2. The number of amides is 1. The van der Waals surface area contributed by atoms with Gasteiger partial charge in [0.1, 0.15) is 5.75 Å². The van der Waals surface area contributed by atoms with Crippen LogP contribution in [0.25, 0.3) is 11.1 Å². The van der Waals surface area contributed by atoms with Crippen LogP contribution in [0, 0.1) is 0 Å². The van der Waals surface area contributed by atoms with Crippen LogP contribution in [0.3, 0.4) is 0 Å². The fourth-order valence-electron chi connectivity index (χ4n) is 1.73. The molecule has 0 bridgehead atoms. The first kappa shape index (κ1) is 15.9. The van der Waals surface area contributed by atoms with Crippen molar-refractivity contribution >= 4 is 23.5 Å². The maximum Gasteiger partial charge on any atom is 0.412 e. The van der Waals surface area contributed by atoms with Crippen molar-refractivity contribution in [1.82, 2.24) is 10.2 Å². The van der Waals surface area contributed by atoms with E-state index in [1.165, 1.54) is 37.4 Å². The zero-order valence-corrected chi connectivity index (χ0v) is 12.0. The lowest BCUT2D eigenvalue weighted by Gasteiger charge is -2.16. The van der Waals surface area contributed by atoms with Crippen LogP contribution < -0.4 is 9.64 Å². The molecule has 0 saturated carbocycles. The highest BCUT2D eigenvalue weighted by atomic mass is 35.5. The Morgan fingerprint density at radius 3 is 2.50 bits per heavy atom. The summed E-state index contributed by atoms with van der Waals surface area (Å²) in [5, 5.41) is 16.5. The van der Waals surface area contributed by atoms with Crippen LogP contribution >= 0.6 is 11.6 Å². The summed E-state index contributed by atoms with van der Waals surface area (Å²) in [4.78, 5) is 11.9. The quantitative estimate of drug-likeness (QED) is 0.929. The van der Waals surface area contributed by atoms with Crippen molar-refractivity contribution in [3.8, 4) is 16.9 Å². The van der Waals surface area contributed by atoms with Gasteiger partial charge >= 0.3 is 12.7 Å². The molecular formula is C13H10ClF2N3O3. The predicted octanol–water partition coefficient (Wildman–Crippen LogP) is 3.51. The molecule has 1 aromatic carbocycles. The SMILES string of the molecule is CN(C(=O)O)c1nnc(Cl)cc1-c1ccc(OC(F)F)cc1. The molecule has 2 aromatic rings. The van der Waals surface area contributed by atoms with E-state index >= 15 is 0 Å². The predicted molar refractivity (Wildman–Crippen MR) is 75.5 cm³/mol. The van der Waals surface area contributed by atoms with E-state index in [2.05, 4.69) is 14.9 Å². The maximum atomic E-state index is 12.1. The molecule has 6 nitrogen and oxygen atoms in total. The van der Waals surface area contributed by atoms with E-state index in [9.17, 15) is 13.6 Å². The molecule has 0 aliphatic heterocycles. The number of benzene rings is 1. The van der Waals surface area contributed by atoms with Crippen molar-refractivity contribution in [3.63, 3.8) is 0 Å². The summed E-state index contributed by atoms with van der Waals surface area (Å²) in [6.07, 6.45) is -1.23. The lowest BCUT2D eigenvalue weighted by molar-refractivity contribution is -0.0498. The Labute approximate surface area is 128 Å². The number of carbonyl (C=O) groups is 1. The molecule has 0 saturated heterocycles. The molecule has 1 amide bonds. The van der Waals surface area contributed by atoms with E-state index in [4.69, 9.17) is 16.7 Å². The van der Waals surface area contributed by atoms with E-state index in [1.54, 1.807) is 0 Å². The van der Waals surface area contributed by atoms with Gasteiger partial charge in [0.15, 0.2) is 11.0 Å². The topological polar surface area (TPSA) is 75.6 Å². The molecule has 0 aliphatic carbocycles. The number of hydrogen-bond acceptors (Lipinski definition) is 4. The number of rotatable bonds is 4. The molecule has 0 unspecified atom stereocenters. The van der Waals surface area contributed by atoms with E-state index in [-0.39, 0.29) is 16.7 Å². The molecule has 1 N–H and O–H groups in total. The molecule has 0 atom stereocenters. The third kappa shape index (κ3) is 3.59. The molecule has 0 spiro atoms. The molecule has 1 heterocycles. The summed E-state index contributed by atoms with van der Waals surface area (Å²) in [6, 6.07) is 7.08. The normalized spacial score (nSPS) is 10.6. The Balaban J connectivity index is 2.42. The number of halogens is 3. The first-order valence-electron chi connectivity index (χ1n) is 5.93. The van der Waals surface area contributed by atoms with E-state index in [0.29, 0.717) is 11.1 Å². The van der Waals surface area contributed by atoms with Crippen molar-refractivity contribution in [2.24, 2.45) is 0 Å². The van der Waals surface area contributed by atoms with Crippen LogP contribution in [0.4, 0.5) is 19.4 Å². The maximum absolute atomic E-state index is 12.1. The fourth-order valence-corrected chi connectivity index (χ4v) is 1.88. The van der Waals surface area contributed by atoms with Gasteiger partial charge in [-0.1, -0.05) is 23.7 Å². The summed E-state index contributed by atoms with van der Waals surface area (Å²) in [6.45, 7) is -2.92. The van der Waals surface area contributed by atoms with Gasteiger partial charge in [0, 0.05) is 12.6 Å².